The Bertz CT molecular complexity index is 1340. The highest BCUT2D eigenvalue weighted by molar-refractivity contribution is 6.31. The third-order valence-corrected chi connectivity index (χ3v) is 5.45. The molecule has 2 amide bonds. The van der Waals surface area contributed by atoms with E-state index in [1.165, 1.54) is 6.20 Å². The molecule has 170 valence electrons. The van der Waals surface area contributed by atoms with E-state index >= 15 is 0 Å². The summed E-state index contributed by atoms with van der Waals surface area (Å²) in [6.07, 6.45) is 1.46. The summed E-state index contributed by atoms with van der Waals surface area (Å²) in [6, 6.07) is 21.8. The van der Waals surface area contributed by atoms with E-state index in [1.54, 1.807) is 72.8 Å². The Morgan fingerprint density at radius 3 is 1.68 bits per heavy atom. The maximum atomic E-state index is 12.7. The highest BCUT2D eigenvalue weighted by atomic mass is 35.5. The van der Waals surface area contributed by atoms with Crippen LogP contribution in [0.15, 0.2) is 85.1 Å². The highest BCUT2D eigenvalue weighted by Gasteiger charge is 2.14. The molecule has 0 aliphatic rings. The molecular weight excluding hydrogens is 495 g/mol. The van der Waals surface area contributed by atoms with Crippen LogP contribution >= 0.6 is 34.8 Å². The topological polar surface area (TPSA) is 83.1 Å². The zero-order chi connectivity index (χ0) is 24.1. The number of para-hydroxylation sites is 2. The number of halogens is 3. The fourth-order valence-corrected chi connectivity index (χ4v) is 3.46. The van der Waals surface area contributed by atoms with E-state index < -0.39 is 0 Å². The fraction of sp³-hybridized carbons (Fsp3) is 0. The van der Waals surface area contributed by atoms with E-state index in [4.69, 9.17) is 34.8 Å². The molecule has 0 spiro atoms. The molecule has 6 nitrogen and oxygen atoms in total. The van der Waals surface area contributed by atoms with Gasteiger partial charge >= 0.3 is 0 Å². The van der Waals surface area contributed by atoms with Gasteiger partial charge in [-0.1, -0.05) is 46.9 Å². The molecule has 0 bridgehead atoms. The van der Waals surface area contributed by atoms with Gasteiger partial charge in [0.15, 0.2) is 5.82 Å². The molecule has 0 radical (unpaired) electrons. The lowest BCUT2D eigenvalue weighted by atomic mass is 10.2. The second kappa shape index (κ2) is 10.6. The molecule has 0 aliphatic heterocycles. The standard InChI is InChI=1S/C25H17Cl3N4O2/c26-17-9-5-15(6-10-17)24(33)31-21-4-2-1-3-20(21)30-23-22(13-19(28)14-29-23)32-25(34)16-7-11-18(27)12-8-16/h1-14H,(H,29,30)(H,31,33)(H,32,34). The normalized spacial score (nSPS) is 10.4. The van der Waals surface area contributed by atoms with Crippen LogP contribution in [0.2, 0.25) is 15.1 Å². The second-order valence-electron chi connectivity index (χ2n) is 7.14. The molecule has 1 heterocycles. The number of pyridine rings is 1. The molecule has 0 saturated heterocycles. The quantitative estimate of drug-likeness (QED) is 0.254. The molecule has 0 unspecified atom stereocenters. The van der Waals surface area contributed by atoms with Crippen molar-refractivity contribution in [3.63, 3.8) is 0 Å². The van der Waals surface area contributed by atoms with Gasteiger partial charge in [-0.05, 0) is 66.7 Å². The molecular formula is C25H17Cl3N4O2. The van der Waals surface area contributed by atoms with E-state index in [2.05, 4.69) is 20.9 Å². The third kappa shape index (κ3) is 5.85. The minimum Gasteiger partial charge on any atom is -0.337 e. The van der Waals surface area contributed by atoms with Gasteiger partial charge in [-0.3, -0.25) is 9.59 Å². The SMILES string of the molecule is O=C(Nc1ccccc1Nc1ncc(Cl)cc1NC(=O)c1ccc(Cl)cc1)c1ccc(Cl)cc1. The molecule has 0 fully saturated rings. The van der Waals surface area contributed by atoms with Crippen LogP contribution in [0.4, 0.5) is 22.9 Å². The van der Waals surface area contributed by atoms with Crippen LogP contribution in [0, 0.1) is 0 Å². The molecule has 3 aromatic carbocycles. The summed E-state index contributed by atoms with van der Waals surface area (Å²) in [4.78, 5) is 29.7. The summed E-state index contributed by atoms with van der Waals surface area (Å²) in [7, 11) is 0. The van der Waals surface area contributed by atoms with Crippen molar-refractivity contribution in [1.29, 1.82) is 0 Å². The van der Waals surface area contributed by atoms with Gasteiger partial charge in [0.2, 0.25) is 0 Å². The van der Waals surface area contributed by atoms with Gasteiger partial charge in [0.25, 0.3) is 11.8 Å². The number of anilines is 4. The summed E-state index contributed by atoms with van der Waals surface area (Å²) in [5.74, 6) is -0.306. The largest absolute Gasteiger partial charge is 0.337 e. The Morgan fingerprint density at radius 1 is 0.618 bits per heavy atom. The number of amides is 2. The van der Waals surface area contributed by atoms with Crippen LogP contribution in [0.3, 0.4) is 0 Å². The predicted molar refractivity (Wildman–Crippen MR) is 138 cm³/mol. The molecule has 0 saturated carbocycles. The van der Waals surface area contributed by atoms with Gasteiger partial charge in [0.05, 0.1) is 22.1 Å². The molecule has 9 heteroatoms. The lowest BCUT2D eigenvalue weighted by Crippen LogP contribution is -2.15. The third-order valence-electron chi connectivity index (χ3n) is 4.74. The number of aromatic nitrogens is 1. The molecule has 4 aromatic rings. The Kier molecular flexibility index (Phi) is 7.33. The van der Waals surface area contributed by atoms with Crippen molar-refractivity contribution in [3.8, 4) is 0 Å². The summed E-state index contributed by atoms with van der Waals surface area (Å²) in [5, 5.41) is 10.3. The number of hydrogen-bond donors (Lipinski definition) is 3. The van der Waals surface area contributed by atoms with Crippen LogP contribution in [-0.2, 0) is 0 Å². The highest BCUT2D eigenvalue weighted by Crippen LogP contribution is 2.30. The summed E-state index contributed by atoms with van der Waals surface area (Å²) < 4.78 is 0. The first-order valence-electron chi connectivity index (χ1n) is 10.0. The number of carbonyl (C=O) groups excluding carboxylic acids is 2. The van der Waals surface area contributed by atoms with E-state index in [-0.39, 0.29) is 11.8 Å². The minimum atomic E-state index is -0.354. The van der Waals surface area contributed by atoms with Gasteiger partial charge in [-0.2, -0.15) is 0 Å². The van der Waals surface area contributed by atoms with Crippen molar-refractivity contribution in [2.75, 3.05) is 16.0 Å². The van der Waals surface area contributed by atoms with Gasteiger partial charge in [-0.25, -0.2) is 4.98 Å². The summed E-state index contributed by atoms with van der Waals surface area (Å²) in [6.45, 7) is 0. The van der Waals surface area contributed by atoms with Gasteiger partial charge < -0.3 is 16.0 Å². The molecule has 34 heavy (non-hydrogen) atoms. The number of rotatable bonds is 6. The monoisotopic (exact) mass is 510 g/mol. The van der Waals surface area contributed by atoms with Crippen LogP contribution in [0.1, 0.15) is 20.7 Å². The van der Waals surface area contributed by atoms with Crippen LogP contribution < -0.4 is 16.0 Å². The fourth-order valence-electron chi connectivity index (χ4n) is 3.05. The Balaban J connectivity index is 1.57. The van der Waals surface area contributed by atoms with Crippen LogP contribution in [0.25, 0.3) is 0 Å². The van der Waals surface area contributed by atoms with E-state index in [0.717, 1.165) is 0 Å². The average Bonchev–Trinajstić information content (AvgIpc) is 2.82. The average molecular weight is 512 g/mol. The number of nitrogens with one attached hydrogen (secondary N) is 3. The Morgan fingerprint density at radius 2 is 1.12 bits per heavy atom. The lowest BCUT2D eigenvalue weighted by Gasteiger charge is -2.16. The van der Waals surface area contributed by atoms with E-state index in [1.807, 2.05) is 6.07 Å². The van der Waals surface area contributed by atoms with Crippen molar-refractivity contribution in [2.45, 2.75) is 0 Å². The van der Waals surface area contributed by atoms with Gasteiger partial charge in [0.1, 0.15) is 0 Å². The first-order valence-corrected chi connectivity index (χ1v) is 11.2. The maximum absolute atomic E-state index is 12.7. The Labute approximate surface area is 210 Å². The number of carbonyl (C=O) groups is 2. The summed E-state index contributed by atoms with van der Waals surface area (Å²) >= 11 is 17.9. The Hall–Kier alpha value is -3.58. The molecule has 4 rings (SSSR count). The molecule has 0 atom stereocenters. The van der Waals surface area contributed by atoms with Crippen LogP contribution in [0.5, 0.6) is 0 Å². The zero-order valence-electron chi connectivity index (χ0n) is 17.5. The number of benzene rings is 3. The lowest BCUT2D eigenvalue weighted by molar-refractivity contribution is 0.101. The van der Waals surface area contributed by atoms with E-state index in [9.17, 15) is 9.59 Å². The van der Waals surface area contributed by atoms with Gasteiger partial charge in [-0.15, -0.1) is 0 Å². The summed E-state index contributed by atoms with van der Waals surface area (Å²) in [5.41, 5.74) is 2.34. The minimum absolute atomic E-state index is 0.300. The first-order chi connectivity index (χ1) is 16.4. The van der Waals surface area contributed by atoms with Crippen molar-refractivity contribution in [2.24, 2.45) is 0 Å². The molecule has 0 aliphatic carbocycles. The molecule has 1 aromatic heterocycles. The van der Waals surface area contributed by atoms with Crippen LogP contribution in [-0.4, -0.2) is 16.8 Å². The smallest absolute Gasteiger partial charge is 0.255 e. The number of nitrogens with zero attached hydrogens (tertiary/aromatic N) is 1. The van der Waals surface area contributed by atoms with E-state index in [0.29, 0.717) is 49.1 Å². The van der Waals surface area contributed by atoms with Gasteiger partial charge in [0, 0.05) is 27.4 Å². The van der Waals surface area contributed by atoms with Crippen molar-refractivity contribution in [1.82, 2.24) is 4.98 Å². The second-order valence-corrected chi connectivity index (χ2v) is 8.45. The van der Waals surface area contributed by atoms with Crippen molar-refractivity contribution in [3.05, 3.63) is 111 Å². The zero-order valence-corrected chi connectivity index (χ0v) is 19.7. The number of hydrogen-bond acceptors (Lipinski definition) is 4. The van der Waals surface area contributed by atoms with Crippen molar-refractivity contribution < 1.29 is 9.59 Å². The predicted octanol–water partition coefficient (Wildman–Crippen LogP) is 7.29. The first kappa shape index (κ1) is 23.6. The molecule has 3 N–H and O–H groups in total. The maximum Gasteiger partial charge on any atom is 0.255 e. The van der Waals surface area contributed by atoms with Crippen molar-refractivity contribution >= 4 is 69.5 Å².